The van der Waals surface area contributed by atoms with Gasteiger partial charge in [0.15, 0.2) is 0 Å². The molecule has 1 heterocycles. The van der Waals surface area contributed by atoms with Crippen molar-refractivity contribution in [2.45, 2.75) is 0 Å². The zero-order valence-electron chi connectivity index (χ0n) is 9.53. The minimum absolute atomic E-state index is 0. The summed E-state index contributed by atoms with van der Waals surface area (Å²) in [6.45, 7) is 0. The number of rotatable bonds is 0. The molecule has 1 aromatic heterocycles. The summed E-state index contributed by atoms with van der Waals surface area (Å²) in [5, 5.41) is 1.20. The zero-order chi connectivity index (χ0) is 11.3. The monoisotopic (exact) mass is 303 g/mol. The number of nitrogens with zero attached hydrogens (tertiary/aromatic N) is 1. The molecule has 2 aromatic rings. The standard InChI is InChI=1S/C9H7N.2K.H2O4S/c1-2-6-9-8(4-1)5-3-7-10-9;;;1-5(2,3)4/h1-7H;;;(H2,1,2,3,4)/q;2*+1;/p-2. The SMILES string of the molecule is O=S(=O)([O-])[O-].[K+].[K+].c1ccc2ncccc2c1. The first-order valence-corrected chi connectivity index (χ1v) is 5.26. The number of para-hydroxylation sites is 1. The van der Waals surface area contributed by atoms with Crippen molar-refractivity contribution in [3.8, 4) is 0 Å². The summed E-state index contributed by atoms with van der Waals surface area (Å²) in [4.78, 5) is 4.18. The van der Waals surface area contributed by atoms with E-state index < -0.39 is 10.4 Å². The van der Waals surface area contributed by atoms with Gasteiger partial charge in [-0.15, -0.1) is 0 Å². The molecule has 8 heteroatoms. The van der Waals surface area contributed by atoms with Gasteiger partial charge >= 0.3 is 103 Å². The van der Waals surface area contributed by atoms with E-state index in [1.165, 1.54) is 5.39 Å². The summed E-state index contributed by atoms with van der Waals surface area (Å²) in [5.74, 6) is 0. The van der Waals surface area contributed by atoms with E-state index in [1.807, 2.05) is 30.5 Å². The Hall–Kier alpha value is 1.77. The van der Waals surface area contributed by atoms with E-state index in [-0.39, 0.29) is 103 Å². The van der Waals surface area contributed by atoms with Gasteiger partial charge in [-0.25, -0.2) is 0 Å². The molecule has 1 aromatic carbocycles. The molecular formula is C9H7K2NO4S. The van der Waals surface area contributed by atoms with Gasteiger partial charge < -0.3 is 9.11 Å². The van der Waals surface area contributed by atoms with Crippen LogP contribution in [0.2, 0.25) is 0 Å². The topological polar surface area (TPSA) is 93.2 Å². The fourth-order valence-corrected chi connectivity index (χ4v) is 1.02. The van der Waals surface area contributed by atoms with Crippen LogP contribution in [0.25, 0.3) is 10.9 Å². The summed E-state index contributed by atoms with van der Waals surface area (Å²) in [5.41, 5.74) is 1.06. The van der Waals surface area contributed by atoms with Crippen LogP contribution in [0.4, 0.5) is 0 Å². The molecule has 0 spiro atoms. The van der Waals surface area contributed by atoms with Gasteiger partial charge in [-0.05, 0) is 12.1 Å². The molecule has 0 fully saturated rings. The van der Waals surface area contributed by atoms with Crippen molar-refractivity contribution in [3.05, 3.63) is 42.6 Å². The van der Waals surface area contributed by atoms with Crippen LogP contribution in [0.15, 0.2) is 42.6 Å². The van der Waals surface area contributed by atoms with Gasteiger partial charge in [-0.1, -0.05) is 24.3 Å². The molecule has 0 radical (unpaired) electrons. The summed E-state index contributed by atoms with van der Waals surface area (Å²) >= 11 is 0. The maximum Gasteiger partial charge on any atom is 1.00 e. The third-order valence-corrected chi connectivity index (χ3v) is 1.51. The third-order valence-electron chi connectivity index (χ3n) is 1.51. The smallest absolute Gasteiger partial charge is 0.759 e. The molecule has 80 valence electrons. The third kappa shape index (κ3) is 11.3. The molecule has 2 rings (SSSR count). The Bertz CT molecular complexity index is 474. The van der Waals surface area contributed by atoms with Crippen LogP contribution in [0, 0.1) is 0 Å². The van der Waals surface area contributed by atoms with Gasteiger partial charge in [0.05, 0.1) is 5.52 Å². The molecule has 0 saturated carbocycles. The van der Waals surface area contributed by atoms with Crippen LogP contribution in [-0.4, -0.2) is 22.5 Å². The fourth-order valence-electron chi connectivity index (χ4n) is 1.02. The molecule has 5 nitrogen and oxygen atoms in total. The van der Waals surface area contributed by atoms with Crippen LogP contribution >= 0.6 is 0 Å². The van der Waals surface area contributed by atoms with Gasteiger partial charge in [0.1, 0.15) is 0 Å². The van der Waals surface area contributed by atoms with Crippen LogP contribution < -0.4 is 103 Å². The second-order valence-electron chi connectivity index (χ2n) is 2.60. The summed E-state index contributed by atoms with van der Waals surface area (Å²) in [7, 11) is -5.17. The number of hydrogen-bond acceptors (Lipinski definition) is 5. The number of aromatic nitrogens is 1. The van der Waals surface area contributed by atoms with Crippen molar-refractivity contribution in [1.82, 2.24) is 4.98 Å². The summed E-state index contributed by atoms with van der Waals surface area (Å²) in [6, 6.07) is 12.1. The molecule has 0 atom stereocenters. The van der Waals surface area contributed by atoms with Gasteiger partial charge in [0, 0.05) is 22.0 Å². The molecule has 0 saturated heterocycles. The number of fused-ring (bicyclic) bond motifs is 1. The van der Waals surface area contributed by atoms with Gasteiger partial charge in [0.25, 0.3) is 0 Å². The first-order valence-electron chi connectivity index (χ1n) is 3.93. The Morgan fingerprint density at radius 3 is 1.94 bits per heavy atom. The van der Waals surface area contributed by atoms with Crippen molar-refractivity contribution < 1.29 is 120 Å². The Labute approximate surface area is 185 Å². The van der Waals surface area contributed by atoms with E-state index in [1.54, 1.807) is 0 Å². The van der Waals surface area contributed by atoms with Crippen LogP contribution in [0.1, 0.15) is 0 Å². The first-order chi connectivity index (χ1) is 6.97. The maximum absolute atomic E-state index is 8.52. The molecule has 0 aliphatic carbocycles. The van der Waals surface area contributed by atoms with Crippen LogP contribution in [-0.2, 0) is 10.4 Å². The van der Waals surface area contributed by atoms with Crippen molar-refractivity contribution in [2.24, 2.45) is 0 Å². The zero-order valence-corrected chi connectivity index (χ0v) is 16.6. The Morgan fingerprint density at radius 1 is 0.941 bits per heavy atom. The predicted molar refractivity (Wildman–Crippen MR) is 52.2 cm³/mol. The van der Waals surface area contributed by atoms with E-state index in [0.29, 0.717) is 0 Å². The van der Waals surface area contributed by atoms with E-state index in [9.17, 15) is 0 Å². The van der Waals surface area contributed by atoms with Crippen molar-refractivity contribution in [1.29, 1.82) is 0 Å². The van der Waals surface area contributed by atoms with E-state index in [4.69, 9.17) is 17.5 Å². The van der Waals surface area contributed by atoms with Crippen molar-refractivity contribution in [2.75, 3.05) is 0 Å². The number of pyridine rings is 1. The molecule has 0 aliphatic heterocycles. The molecule has 0 unspecified atom stereocenters. The minimum Gasteiger partial charge on any atom is -0.759 e. The largest absolute Gasteiger partial charge is 1.00 e. The van der Waals surface area contributed by atoms with Gasteiger partial charge in [0.2, 0.25) is 0 Å². The molecule has 0 N–H and O–H groups in total. The molecular weight excluding hydrogens is 296 g/mol. The summed E-state index contributed by atoms with van der Waals surface area (Å²) < 4.78 is 34.1. The van der Waals surface area contributed by atoms with Crippen molar-refractivity contribution >= 4 is 21.3 Å². The van der Waals surface area contributed by atoms with E-state index in [2.05, 4.69) is 17.1 Å². The molecule has 0 bridgehead atoms. The average Bonchev–Trinajstić information content (AvgIpc) is 2.16. The summed E-state index contributed by atoms with van der Waals surface area (Å²) in [6.07, 6.45) is 1.81. The van der Waals surface area contributed by atoms with Crippen LogP contribution in [0.5, 0.6) is 0 Å². The number of hydrogen-bond donors (Lipinski definition) is 0. The van der Waals surface area contributed by atoms with E-state index >= 15 is 0 Å². The molecule has 0 amide bonds. The second-order valence-corrected chi connectivity index (χ2v) is 3.42. The predicted octanol–water partition coefficient (Wildman–Crippen LogP) is -5.10. The van der Waals surface area contributed by atoms with Crippen molar-refractivity contribution in [3.63, 3.8) is 0 Å². The van der Waals surface area contributed by atoms with Gasteiger partial charge in [-0.2, -0.15) is 0 Å². The Kier molecular flexibility index (Phi) is 13.1. The second kappa shape index (κ2) is 10.5. The van der Waals surface area contributed by atoms with Gasteiger partial charge in [-0.3, -0.25) is 13.4 Å². The quantitative estimate of drug-likeness (QED) is 0.276. The molecule has 0 aliphatic rings. The minimum atomic E-state index is -5.17. The number of benzene rings is 1. The first kappa shape index (κ1) is 21.1. The van der Waals surface area contributed by atoms with Crippen LogP contribution in [0.3, 0.4) is 0 Å². The Balaban J connectivity index is 0. The maximum atomic E-state index is 8.52. The normalized spacial score (nSPS) is 9.29. The molecule has 17 heavy (non-hydrogen) atoms. The fraction of sp³-hybridized carbons (Fsp3) is 0. The Morgan fingerprint density at radius 2 is 1.41 bits per heavy atom. The van der Waals surface area contributed by atoms with E-state index in [0.717, 1.165) is 5.52 Å². The average molecular weight is 303 g/mol.